The van der Waals surface area contributed by atoms with Gasteiger partial charge in [-0.05, 0) is 38.1 Å². The second-order valence-corrected chi connectivity index (χ2v) is 5.11. The van der Waals surface area contributed by atoms with Crippen LogP contribution in [-0.4, -0.2) is 26.9 Å². The van der Waals surface area contributed by atoms with Crippen LogP contribution >= 0.6 is 0 Å². The number of rotatable bonds is 4. The molecule has 3 rings (SSSR count). The lowest BCUT2D eigenvalue weighted by atomic mass is 10.2. The monoisotopic (exact) mass is 307 g/mol. The summed E-state index contributed by atoms with van der Waals surface area (Å²) in [5.74, 6) is -0.281. The summed E-state index contributed by atoms with van der Waals surface area (Å²) in [4.78, 5) is 14.6. The van der Waals surface area contributed by atoms with Crippen molar-refractivity contribution in [2.45, 2.75) is 13.8 Å². The lowest BCUT2D eigenvalue weighted by molar-refractivity contribution is 0.0951. The van der Waals surface area contributed by atoms with Crippen LogP contribution in [0, 0.1) is 13.8 Å². The molecule has 116 valence electrons. The molecule has 0 spiro atoms. The average Bonchev–Trinajstić information content (AvgIpc) is 3.19. The highest BCUT2D eigenvalue weighted by Crippen LogP contribution is 2.15. The summed E-state index contributed by atoms with van der Waals surface area (Å²) in [6, 6.07) is 13.3. The Morgan fingerprint density at radius 3 is 2.70 bits per heavy atom. The van der Waals surface area contributed by atoms with Crippen LogP contribution < -0.4 is 5.43 Å². The van der Waals surface area contributed by atoms with Crippen LogP contribution in [0.2, 0.25) is 0 Å². The van der Waals surface area contributed by atoms with E-state index < -0.39 is 0 Å². The molecule has 0 bridgehead atoms. The largest absolute Gasteiger partial charge is 0.357 e. The van der Waals surface area contributed by atoms with E-state index in [2.05, 4.69) is 20.6 Å². The third-order valence-corrected chi connectivity index (χ3v) is 3.55. The first-order chi connectivity index (χ1) is 11.2. The Kier molecular flexibility index (Phi) is 4.05. The molecule has 0 saturated heterocycles. The SMILES string of the molecule is Cc1nn(-c2ccccc2)c(C)c1/C=N\NC(=O)c1ccc[nH]1. The second-order valence-electron chi connectivity index (χ2n) is 5.11. The number of nitrogens with zero attached hydrogens (tertiary/aromatic N) is 3. The molecule has 0 aliphatic rings. The first-order valence-corrected chi connectivity index (χ1v) is 7.25. The molecule has 1 aromatic carbocycles. The smallest absolute Gasteiger partial charge is 0.287 e. The van der Waals surface area contributed by atoms with Crippen molar-refractivity contribution in [1.29, 1.82) is 0 Å². The second kappa shape index (κ2) is 6.31. The van der Waals surface area contributed by atoms with Crippen molar-refractivity contribution in [2.24, 2.45) is 5.10 Å². The zero-order chi connectivity index (χ0) is 16.2. The number of hydrogen-bond donors (Lipinski definition) is 2. The van der Waals surface area contributed by atoms with E-state index in [-0.39, 0.29) is 5.91 Å². The van der Waals surface area contributed by atoms with Gasteiger partial charge in [0.2, 0.25) is 0 Å². The van der Waals surface area contributed by atoms with Gasteiger partial charge in [0.1, 0.15) is 5.69 Å². The minimum Gasteiger partial charge on any atom is -0.357 e. The zero-order valence-corrected chi connectivity index (χ0v) is 12.9. The summed E-state index contributed by atoms with van der Waals surface area (Å²) in [5.41, 5.74) is 6.66. The fourth-order valence-corrected chi connectivity index (χ4v) is 2.35. The first-order valence-electron chi connectivity index (χ1n) is 7.25. The Hall–Kier alpha value is -3.15. The zero-order valence-electron chi connectivity index (χ0n) is 12.9. The predicted molar refractivity (Wildman–Crippen MR) is 88.9 cm³/mol. The van der Waals surface area contributed by atoms with E-state index in [0.717, 1.165) is 22.6 Å². The summed E-state index contributed by atoms with van der Waals surface area (Å²) in [6.45, 7) is 3.89. The molecule has 0 aliphatic carbocycles. The first kappa shape index (κ1) is 14.8. The fourth-order valence-electron chi connectivity index (χ4n) is 2.35. The number of aryl methyl sites for hydroxylation is 1. The van der Waals surface area contributed by atoms with Crippen molar-refractivity contribution in [2.75, 3.05) is 0 Å². The number of benzene rings is 1. The maximum Gasteiger partial charge on any atom is 0.287 e. The van der Waals surface area contributed by atoms with E-state index in [9.17, 15) is 4.79 Å². The van der Waals surface area contributed by atoms with Crippen LogP contribution in [0.4, 0.5) is 0 Å². The molecule has 1 amide bonds. The Morgan fingerprint density at radius 2 is 2.00 bits per heavy atom. The van der Waals surface area contributed by atoms with Crippen LogP contribution in [0.5, 0.6) is 0 Å². The van der Waals surface area contributed by atoms with Gasteiger partial charge in [0.05, 0.1) is 23.3 Å². The van der Waals surface area contributed by atoms with Gasteiger partial charge in [-0.15, -0.1) is 0 Å². The van der Waals surface area contributed by atoms with Gasteiger partial charge in [0.25, 0.3) is 5.91 Å². The van der Waals surface area contributed by atoms with Gasteiger partial charge in [-0.25, -0.2) is 10.1 Å². The highest BCUT2D eigenvalue weighted by atomic mass is 16.2. The van der Waals surface area contributed by atoms with Crippen LogP contribution in [0.1, 0.15) is 27.4 Å². The Balaban J connectivity index is 1.80. The van der Waals surface area contributed by atoms with Gasteiger partial charge in [0.15, 0.2) is 0 Å². The van der Waals surface area contributed by atoms with E-state index in [1.54, 1.807) is 24.5 Å². The molecule has 2 aromatic heterocycles. The molecule has 6 heteroatoms. The number of hydrogen-bond acceptors (Lipinski definition) is 3. The van der Waals surface area contributed by atoms with Gasteiger partial charge < -0.3 is 4.98 Å². The van der Waals surface area contributed by atoms with Crippen LogP contribution in [-0.2, 0) is 0 Å². The van der Waals surface area contributed by atoms with Crippen molar-refractivity contribution in [3.8, 4) is 5.69 Å². The molecule has 0 saturated carbocycles. The van der Waals surface area contributed by atoms with Crippen LogP contribution in [0.3, 0.4) is 0 Å². The molecule has 3 aromatic rings. The van der Waals surface area contributed by atoms with Crippen molar-refractivity contribution in [1.82, 2.24) is 20.2 Å². The molecule has 0 atom stereocenters. The molecule has 0 fully saturated rings. The summed E-state index contributed by atoms with van der Waals surface area (Å²) in [6.07, 6.45) is 3.31. The number of H-pyrrole nitrogens is 1. The minimum atomic E-state index is -0.281. The van der Waals surface area contributed by atoms with Gasteiger partial charge in [0, 0.05) is 11.8 Å². The Labute approximate surface area is 133 Å². The predicted octanol–water partition coefficient (Wildman–Crippen LogP) is 2.58. The molecule has 0 aliphatic heterocycles. The number of carbonyl (C=O) groups is 1. The number of carbonyl (C=O) groups excluding carboxylic acids is 1. The number of nitrogens with one attached hydrogen (secondary N) is 2. The average molecular weight is 307 g/mol. The Morgan fingerprint density at radius 1 is 1.22 bits per heavy atom. The number of aromatic nitrogens is 3. The van der Waals surface area contributed by atoms with Crippen molar-refractivity contribution in [3.05, 3.63) is 71.3 Å². The quantitative estimate of drug-likeness (QED) is 0.574. The minimum absolute atomic E-state index is 0.281. The highest BCUT2D eigenvalue weighted by molar-refractivity contribution is 5.93. The van der Waals surface area contributed by atoms with E-state index >= 15 is 0 Å². The third kappa shape index (κ3) is 3.06. The van der Waals surface area contributed by atoms with E-state index in [4.69, 9.17) is 0 Å². The number of para-hydroxylation sites is 1. The third-order valence-electron chi connectivity index (χ3n) is 3.55. The summed E-state index contributed by atoms with van der Waals surface area (Å²) < 4.78 is 1.86. The molecule has 0 radical (unpaired) electrons. The summed E-state index contributed by atoms with van der Waals surface area (Å²) >= 11 is 0. The topological polar surface area (TPSA) is 75.1 Å². The normalized spacial score (nSPS) is 11.0. The molecule has 23 heavy (non-hydrogen) atoms. The fraction of sp³-hybridized carbons (Fsp3) is 0.118. The van der Waals surface area contributed by atoms with Crippen LogP contribution in [0.15, 0.2) is 53.8 Å². The lowest BCUT2D eigenvalue weighted by Crippen LogP contribution is -2.17. The number of hydrazone groups is 1. The summed E-state index contributed by atoms with van der Waals surface area (Å²) in [5, 5.41) is 8.56. The standard InChI is InChI=1S/C17H17N5O/c1-12-15(11-19-20-17(23)16-9-6-10-18-16)13(2)22(21-12)14-7-4-3-5-8-14/h3-11,18H,1-2H3,(H,20,23)/b19-11-. The molecular weight excluding hydrogens is 290 g/mol. The maximum atomic E-state index is 11.8. The van der Waals surface area contributed by atoms with Gasteiger partial charge in [-0.3, -0.25) is 4.79 Å². The van der Waals surface area contributed by atoms with Crippen molar-refractivity contribution in [3.63, 3.8) is 0 Å². The molecule has 2 heterocycles. The van der Waals surface area contributed by atoms with Crippen molar-refractivity contribution < 1.29 is 4.79 Å². The van der Waals surface area contributed by atoms with Gasteiger partial charge in [-0.2, -0.15) is 10.2 Å². The van der Waals surface area contributed by atoms with E-state index in [0.29, 0.717) is 5.69 Å². The maximum absolute atomic E-state index is 11.8. The highest BCUT2D eigenvalue weighted by Gasteiger charge is 2.11. The van der Waals surface area contributed by atoms with Crippen molar-refractivity contribution >= 4 is 12.1 Å². The van der Waals surface area contributed by atoms with Gasteiger partial charge in [-0.1, -0.05) is 18.2 Å². The lowest BCUT2D eigenvalue weighted by Gasteiger charge is -2.03. The van der Waals surface area contributed by atoms with E-state index in [1.807, 2.05) is 48.9 Å². The molecule has 2 N–H and O–H groups in total. The van der Waals surface area contributed by atoms with Crippen LogP contribution in [0.25, 0.3) is 5.69 Å². The Bertz CT molecular complexity index is 832. The summed E-state index contributed by atoms with van der Waals surface area (Å²) in [7, 11) is 0. The number of amides is 1. The molecular formula is C17H17N5O. The number of aromatic amines is 1. The molecule has 6 nitrogen and oxygen atoms in total. The van der Waals surface area contributed by atoms with Gasteiger partial charge >= 0.3 is 0 Å². The molecule has 0 unspecified atom stereocenters. The van der Waals surface area contributed by atoms with E-state index in [1.165, 1.54) is 0 Å².